The van der Waals surface area contributed by atoms with Crippen molar-refractivity contribution in [2.24, 2.45) is 0 Å². The molecule has 0 saturated carbocycles. The molecule has 3 rings (SSSR count). The second kappa shape index (κ2) is 7.88. The van der Waals surface area contributed by atoms with E-state index >= 15 is 0 Å². The van der Waals surface area contributed by atoms with Gasteiger partial charge in [-0.05, 0) is 38.5 Å². The van der Waals surface area contributed by atoms with E-state index in [2.05, 4.69) is 15.4 Å². The SMILES string of the molecule is COc1cccc(C(=O)N[C@@H]2CCN(Cc3c(C)noc3C)C[C@H]2O)c1. The van der Waals surface area contributed by atoms with Crippen LogP contribution >= 0.6 is 0 Å². The van der Waals surface area contributed by atoms with Gasteiger partial charge in [0.1, 0.15) is 11.5 Å². The first kappa shape index (κ1) is 18.4. The van der Waals surface area contributed by atoms with E-state index in [1.54, 1.807) is 31.4 Å². The predicted molar refractivity (Wildman–Crippen MR) is 96.1 cm³/mol. The fraction of sp³-hybridized carbons (Fsp3) is 0.474. The highest BCUT2D eigenvalue weighted by molar-refractivity contribution is 5.94. The molecule has 1 aliphatic heterocycles. The van der Waals surface area contributed by atoms with Gasteiger partial charge in [0.2, 0.25) is 0 Å². The lowest BCUT2D eigenvalue weighted by Crippen LogP contribution is -2.53. The van der Waals surface area contributed by atoms with Gasteiger partial charge in [-0.2, -0.15) is 0 Å². The first-order valence-electron chi connectivity index (χ1n) is 8.75. The summed E-state index contributed by atoms with van der Waals surface area (Å²) in [4.78, 5) is 14.6. The number of nitrogens with one attached hydrogen (secondary N) is 1. The lowest BCUT2D eigenvalue weighted by Gasteiger charge is -2.36. The molecule has 1 aromatic carbocycles. The third kappa shape index (κ3) is 4.05. The topological polar surface area (TPSA) is 87.8 Å². The number of likely N-dealkylation sites (tertiary alicyclic amines) is 1. The van der Waals surface area contributed by atoms with E-state index in [0.29, 0.717) is 30.8 Å². The van der Waals surface area contributed by atoms with Gasteiger partial charge in [0.25, 0.3) is 5.91 Å². The minimum atomic E-state index is -0.626. The minimum absolute atomic E-state index is 0.202. The minimum Gasteiger partial charge on any atom is -0.497 e. The van der Waals surface area contributed by atoms with E-state index in [0.717, 1.165) is 23.6 Å². The van der Waals surface area contributed by atoms with Crippen molar-refractivity contribution in [1.82, 2.24) is 15.4 Å². The fourth-order valence-electron chi connectivity index (χ4n) is 3.28. The monoisotopic (exact) mass is 359 g/mol. The van der Waals surface area contributed by atoms with Crippen LogP contribution in [0.25, 0.3) is 0 Å². The van der Waals surface area contributed by atoms with E-state index in [1.165, 1.54) is 0 Å². The van der Waals surface area contributed by atoms with Gasteiger partial charge in [-0.15, -0.1) is 0 Å². The van der Waals surface area contributed by atoms with Gasteiger partial charge in [0.15, 0.2) is 0 Å². The Balaban J connectivity index is 1.57. The van der Waals surface area contributed by atoms with Crippen molar-refractivity contribution in [2.75, 3.05) is 20.2 Å². The summed E-state index contributed by atoms with van der Waals surface area (Å²) >= 11 is 0. The van der Waals surface area contributed by atoms with Crippen molar-refractivity contribution in [2.45, 2.75) is 39.0 Å². The van der Waals surface area contributed by atoms with Gasteiger partial charge >= 0.3 is 0 Å². The average Bonchev–Trinajstić information content (AvgIpc) is 2.96. The maximum Gasteiger partial charge on any atom is 0.251 e. The molecule has 2 N–H and O–H groups in total. The molecule has 0 radical (unpaired) electrons. The maximum absolute atomic E-state index is 12.4. The molecule has 0 unspecified atom stereocenters. The van der Waals surface area contributed by atoms with Crippen LogP contribution in [-0.2, 0) is 6.54 Å². The summed E-state index contributed by atoms with van der Waals surface area (Å²) in [5.41, 5.74) is 2.47. The number of methoxy groups -OCH3 is 1. The number of nitrogens with zero attached hydrogens (tertiary/aromatic N) is 2. The van der Waals surface area contributed by atoms with Crippen molar-refractivity contribution in [3.05, 3.63) is 46.8 Å². The molecular weight excluding hydrogens is 334 g/mol. The Morgan fingerprint density at radius 3 is 2.92 bits per heavy atom. The molecule has 2 atom stereocenters. The number of aryl methyl sites for hydroxylation is 2. The lowest BCUT2D eigenvalue weighted by atomic mass is 10.0. The highest BCUT2D eigenvalue weighted by Crippen LogP contribution is 2.20. The molecule has 0 aliphatic carbocycles. The van der Waals surface area contributed by atoms with Gasteiger partial charge in [-0.3, -0.25) is 9.69 Å². The summed E-state index contributed by atoms with van der Waals surface area (Å²) < 4.78 is 10.3. The summed E-state index contributed by atoms with van der Waals surface area (Å²) in [5, 5.41) is 17.4. The Morgan fingerprint density at radius 1 is 1.46 bits per heavy atom. The molecule has 1 aromatic heterocycles. The molecule has 1 saturated heterocycles. The number of benzene rings is 1. The van der Waals surface area contributed by atoms with Crippen LogP contribution in [0.1, 0.15) is 33.8 Å². The van der Waals surface area contributed by atoms with Gasteiger partial charge in [-0.1, -0.05) is 11.2 Å². The number of rotatable bonds is 5. The number of ether oxygens (including phenoxy) is 1. The average molecular weight is 359 g/mol. The summed E-state index contributed by atoms with van der Waals surface area (Å²) in [6, 6.07) is 6.72. The van der Waals surface area contributed by atoms with Crippen LogP contribution in [0.3, 0.4) is 0 Å². The molecule has 7 heteroatoms. The van der Waals surface area contributed by atoms with Crippen molar-refractivity contribution in [3.63, 3.8) is 0 Å². The molecule has 1 aliphatic rings. The van der Waals surface area contributed by atoms with E-state index in [9.17, 15) is 9.90 Å². The third-order valence-corrected chi connectivity index (χ3v) is 4.88. The second-order valence-electron chi connectivity index (χ2n) is 6.71. The fourth-order valence-corrected chi connectivity index (χ4v) is 3.28. The number of aliphatic hydroxyl groups excluding tert-OH is 1. The molecule has 1 fully saturated rings. The van der Waals surface area contributed by atoms with E-state index < -0.39 is 6.10 Å². The predicted octanol–water partition coefficient (Wildman–Crippen LogP) is 1.67. The zero-order valence-electron chi connectivity index (χ0n) is 15.4. The Labute approximate surface area is 152 Å². The number of hydrogen-bond donors (Lipinski definition) is 2. The van der Waals surface area contributed by atoms with Crippen LogP contribution in [0.4, 0.5) is 0 Å². The van der Waals surface area contributed by atoms with Gasteiger partial charge in [-0.25, -0.2) is 0 Å². The molecule has 7 nitrogen and oxygen atoms in total. The number of β-amino-alcohol motifs (C(OH)–C–C–N with tert-alkyl or cyclic N) is 1. The molecule has 140 valence electrons. The van der Waals surface area contributed by atoms with Crippen molar-refractivity contribution in [3.8, 4) is 5.75 Å². The van der Waals surface area contributed by atoms with Crippen LogP contribution in [0.5, 0.6) is 5.75 Å². The quantitative estimate of drug-likeness (QED) is 0.844. The van der Waals surface area contributed by atoms with Crippen LogP contribution in [0.2, 0.25) is 0 Å². The van der Waals surface area contributed by atoms with Gasteiger partial charge in [0, 0.05) is 30.8 Å². The van der Waals surface area contributed by atoms with E-state index in [1.807, 2.05) is 13.8 Å². The number of aromatic nitrogens is 1. The molecule has 26 heavy (non-hydrogen) atoms. The Kier molecular flexibility index (Phi) is 5.58. The normalized spacial score (nSPS) is 20.8. The molecule has 1 amide bonds. The van der Waals surface area contributed by atoms with E-state index in [-0.39, 0.29) is 11.9 Å². The largest absolute Gasteiger partial charge is 0.497 e. The number of amides is 1. The molecule has 0 spiro atoms. The summed E-state index contributed by atoms with van der Waals surface area (Å²) in [5.74, 6) is 1.24. The number of carbonyl (C=O) groups is 1. The molecular formula is C19H25N3O4. The highest BCUT2D eigenvalue weighted by atomic mass is 16.5. The van der Waals surface area contributed by atoms with Crippen molar-refractivity contribution >= 4 is 5.91 Å². The van der Waals surface area contributed by atoms with Crippen LogP contribution in [-0.4, -0.2) is 53.4 Å². The number of carbonyl (C=O) groups excluding carboxylic acids is 1. The lowest BCUT2D eigenvalue weighted by molar-refractivity contribution is 0.0347. The standard InChI is InChI=1S/C19H25N3O4/c1-12-16(13(2)26-21-12)10-22-8-7-17(18(23)11-22)20-19(24)14-5-4-6-15(9-14)25-3/h4-6,9,17-18,23H,7-8,10-11H2,1-3H3,(H,20,24)/t17-,18-/m1/s1. The first-order valence-corrected chi connectivity index (χ1v) is 8.75. The highest BCUT2D eigenvalue weighted by Gasteiger charge is 2.30. The van der Waals surface area contributed by atoms with Gasteiger partial charge < -0.3 is 19.7 Å². The molecule has 0 bridgehead atoms. The van der Waals surface area contributed by atoms with Crippen LogP contribution in [0, 0.1) is 13.8 Å². The number of aliphatic hydroxyl groups is 1. The molecule has 2 aromatic rings. The zero-order valence-corrected chi connectivity index (χ0v) is 15.4. The second-order valence-corrected chi connectivity index (χ2v) is 6.71. The number of piperidine rings is 1. The molecule has 2 heterocycles. The van der Waals surface area contributed by atoms with Crippen LogP contribution < -0.4 is 10.1 Å². The third-order valence-electron chi connectivity index (χ3n) is 4.88. The smallest absolute Gasteiger partial charge is 0.251 e. The summed E-state index contributed by atoms with van der Waals surface area (Å²) in [6.45, 7) is 5.78. The number of hydrogen-bond acceptors (Lipinski definition) is 6. The Morgan fingerprint density at radius 2 is 2.27 bits per heavy atom. The van der Waals surface area contributed by atoms with E-state index in [4.69, 9.17) is 9.26 Å². The van der Waals surface area contributed by atoms with Gasteiger partial charge in [0.05, 0.1) is 24.9 Å². The van der Waals surface area contributed by atoms with Crippen LogP contribution in [0.15, 0.2) is 28.8 Å². The Bertz CT molecular complexity index is 754. The maximum atomic E-state index is 12.4. The Hall–Kier alpha value is -2.38. The zero-order chi connectivity index (χ0) is 18.7. The first-order chi connectivity index (χ1) is 12.5. The summed E-state index contributed by atoms with van der Waals surface area (Å²) in [7, 11) is 1.56. The van der Waals surface area contributed by atoms with Crippen molar-refractivity contribution < 1.29 is 19.2 Å². The summed E-state index contributed by atoms with van der Waals surface area (Å²) in [6.07, 6.45) is 0.0547. The van der Waals surface area contributed by atoms with Crippen molar-refractivity contribution in [1.29, 1.82) is 0 Å².